The number of aldehydes is 1. The molecule has 0 amide bonds. The fourth-order valence-corrected chi connectivity index (χ4v) is 9.14. The number of hydrogen-bond acceptors (Lipinski definition) is 34. The molecule has 13 aromatic heterocycles. The summed E-state index contributed by atoms with van der Waals surface area (Å²) in [4.78, 5) is 129. The van der Waals surface area contributed by atoms with Gasteiger partial charge in [-0.1, -0.05) is 0 Å². The third-order valence-electron chi connectivity index (χ3n) is 13.0. The molecular formula is C70H68BBr3ILiN19O20. The van der Waals surface area contributed by atoms with Gasteiger partial charge in [0.15, 0.2) is 22.8 Å². The number of halogens is 4. The maximum Gasteiger partial charge on any atom is 1.00 e. The van der Waals surface area contributed by atoms with Gasteiger partial charge < -0.3 is 73.0 Å². The fourth-order valence-electron chi connectivity index (χ4n) is 8.13. The molecule has 13 rings (SSSR count). The van der Waals surface area contributed by atoms with Crippen molar-refractivity contribution in [1.29, 1.82) is 0 Å². The Kier molecular flexibility index (Phi) is 43.4. The number of carbonyl (C=O) groups excluding carboxylic acids is 6. The van der Waals surface area contributed by atoms with Crippen LogP contribution in [0.1, 0.15) is 76.6 Å². The van der Waals surface area contributed by atoms with Crippen molar-refractivity contribution in [2.75, 3.05) is 51.2 Å². The van der Waals surface area contributed by atoms with E-state index in [2.05, 4.69) is 123 Å². The Bertz CT molecular complexity index is 4960. The van der Waals surface area contributed by atoms with Gasteiger partial charge in [-0.15, -0.1) is 0 Å². The zero-order valence-corrected chi connectivity index (χ0v) is 68.6. The number of aromatic carboxylic acids is 1. The molecule has 45 heteroatoms. The Labute approximate surface area is 705 Å². The van der Waals surface area contributed by atoms with Gasteiger partial charge in [-0.05, 0) is 155 Å². The number of ether oxygens (including phenoxy) is 6. The number of carboxylic acids is 1. The number of anilines is 2. The van der Waals surface area contributed by atoms with E-state index in [1.54, 1.807) is 148 Å². The molecule has 39 nitrogen and oxygen atoms in total. The molecule has 595 valence electrons. The van der Waals surface area contributed by atoms with Gasteiger partial charge in [-0.3, -0.25) is 23.1 Å². The van der Waals surface area contributed by atoms with E-state index >= 15 is 0 Å². The number of imidazole rings is 4. The largest absolute Gasteiger partial charge is 1.00 e. The molecule has 0 aliphatic rings. The molecule has 0 saturated heterocycles. The number of oxazole rings is 3. The summed E-state index contributed by atoms with van der Waals surface area (Å²) in [7, 11) is 1.99. The summed E-state index contributed by atoms with van der Waals surface area (Å²) in [6.45, 7) is 10.1. The maximum absolute atomic E-state index is 11.8. The number of carbonyl (C=O) groups is 7. The Hall–Kier alpha value is -12.0. The summed E-state index contributed by atoms with van der Waals surface area (Å²) in [5.41, 5.74) is 7.79. The average Bonchev–Trinajstić information content (AvgIpc) is 1.72. The predicted octanol–water partition coefficient (Wildman–Crippen LogP) is 7.35. The van der Waals surface area contributed by atoms with Crippen LogP contribution in [0.15, 0.2) is 224 Å². The molecule has 0 bridgehead atoms. The van der Waals surface area contributed by atoms with E-state index in [4.69, 9.17) is 57.5 Å². The third kappa shape index (κ3) is 31.8. The molecule has 13 heterocycles. The zero-order valence-electron chi connectivity index (χ0n) is 61.7. The van der Waals surface area contributed by atoms with Crippen molar-refractivity contribution in [2.45, 2.75) is 40.8 Å². The second kappa shape index (κ2) is 52.3. The van der Waals surface area contributed by atoms with Gasteiger partial charge in [-0.2, -0.15) is 0 Å². The molecule has 0 aliphatic heterocycles. The first kappa shape index (κ1) is 95.3. The molecule has 0 spiro atoms. The molecule has 1 radical (unpaired) electrons. The topological polar surface area (TPSA) is 519 Å². The number of nitrogens with two attached hydrogens (primary N) is 1. The Morgan fingerprint density at radius 1 is 0.513 bits per heavy atom. The molecule has 6 N–H and O–H groups in total. The maximum atomic E-state index is 11.8. The molecule has 1 unspecified atom stereocenters. The number of nitrogen functional groups attached to an aromatic ring is 1. The van der Waals surface area contributed by atoms with E-state index < -0.39 is 42.0 Å². The van der Waals surface area contributed by atoms with Gasteiger partial charge in [0.05, 0.1) is 93.7 Å². The normalized spacial score (nSPS) is 10.0. The minimum absolute atomic E-state index is 0. The van der Waals surface area contributed by atoms with Gasteiger partial charge in [0.25, 0.3) is 3.90 Å². The smallest absolute Gasteiger partial charge is 0.870 e. The van der Waals surface area contributed by atoms with Crippen LogP contribution in [0.5, 0.6) is 5.75 Å². The number of esters is 5. The predicted molar refractivity (Wildman–Crippen MR) is 421 cm³/mol. The number of methoxy groups -OCH3 is 1. The van der Waals surface area contributed by atoms with Crippen LogP contribution in [0.25, 0.3) is 46.2 Å². The summed E-state index contributed by atoms with van der Waals surface area (Å²) < 4.78 is 58.0. The number of aromatic nitrogens is 17. The van der Waals surface area contributed by atoms with Gasteiger partial charge in [0.2, 0.25) is 24.3 Å². The minimum atomic E-state index is -1.06. The number of nitrogens with zero attached hydrogens (tertiary/aromatic N) is 17. The van der Waals surface area contributed by atoms with Crippen LogP contribution in [0.3, 0.4) is 0 Å². The van der Waals surface area contributed by atoms with Crippen LogP contribution in [0.2, 0.25) is 0 Å². The molecule has 1 atom stereocenters. The molecule has 13 aromatic rings. The minimum Gasteiger partial charge on any atom is -0.870 e. The van der Waals surface area contributed by atoms with Crippen LogP contribution in [-0.4, -0.2) is 195 Å². The summed E-state index contributed by atoms with van der Waals surface area (Å²) in [6, 6.07) is 21.0. The van der Waals surface area contributed by atoms with E-state index in [-0.39, 0.29) is 55.2 Å². The number of hydrogen-bond donors (Lipinski definition) is 4. The van der Waals surface area contributed by atoms with Crippen LogP contribution < -0.4 is 34.6 Å². The average molecular weight is 1880 g/mol. The molecule has 0 aliphatic carbocycles. The van der Waals surface area contributed by atoms with Gasteiger partial charge >= 0.3 is 62.4 Å². The summed E-state index contributed by atoms with van der Waals surface area (Å²) in [6.07, 6.45) is 29.6. The van der Waals surface area contributed by atoms with Crippen LogP contribution in [0.4, 0.5) is 11.6 Å². The van der Waals surface area contributed by atoms with Crippen molar-refractivity contribution >= 4 is 132 Å². The molecular weight excluding hydrogens is 1810 g/mol. The second-order valence-electron chi connectivity index (χ2n) is 20.4. The summed E-state index contributed by atoms with van der Waals surface area (Å²) in [5.74, 6) is 0.923. The fraction of sp³-hybridized carbons (Fsp3) is 0.171. The second-order valence-corrected chi connectivity index (χ2v) is 24.1. The summed E-state index contributed by atoms with van der Waals surface area (Å²) in [5, 5.41) is 20.3. The number of rotatable bonds is 22. The third-order valence-corrected chi connectivity index (χ3v) is 14.9. The Balaban J connectivity index is 0.000000284. The first-order valence-corrected chi connectivity index (χ1v) is 36.0. The van der Waals surface area contributed by atoms with E-state index in [1.807, 2.05) is 46.9 Å². The van der Waals surface area contributed by atoms with Crippen molar-refractivity contribution in [2.24, 2.45) is 0 Å². The first-order valence-electron chi connectivity index (χ1n) is 32.6. The van der Waals surface area contributed by atoms with Gasteiger partial charge in [0, 0.05) is 74.1 Å². The number of carboxylic acid groups (broad SMARTS) is 1. The first-order chi connectivity index (χ1) is 54.7. The van der Waals surface area contributed by atoms with E-state index in [0.29, 0.717) is 101 Å². The van der Waals surface area contributed by atoms with Crippen molar-refractivity contribution in [3.63, 3.8) is 0 Å². The molecule has 0 aromatic carbocycles. The monoisotopic (exact) mass is 1880 g/mol. The SMILES string of the molecule is CCOC(=O)C(Nc1ccc(Br)cn1)OC.CCOC(=O)C=O.CCOC(=O)c1cncn1-c1ccc(-c2ncco2)cn1.CCOC(=O)c1cncn1-c1ccc(Br)cn1.CCOC(=O)c1cncn1-c1ccc(O[B]O)cn1.Ic1ncco1.Nc1ccc(Br)cn1.O=C(O)c1cncn1-c1ccc(-c2ncco2)cn1.[Li+].[OH-]. The number of pyridine rings is 6. The zero-order chi connectivity index (χ0) is 81.9. The van der Waals surface area contributed by atoms with Crippen LogP contribution in [-0.2, 0) is 42.8 Å². The van der Waals surface area contributed by atoms with Crippen molar-refractivity contribution in [3.05, 3.63) is 238 Å². The van der Waals surface area contributed by atoms with Crippen molar-refractivity contribution in [1.82, 2.24) is 83.1 Å². The number of nitrogens with one attached hydrogen (secondary N) is 1. The van der Waals surface area contributed by atoms with E-state index in [0.717, 1.165) is 19.0 Å². The van der Waals surface area contributed by atoms with Crippen LogP contribution >= 0.6 is 70.4 Å². The molecule has 115 heavy (non-hydrogen) atoms. The molecule has 0 saturated carbocycles. The molecule has 0 fully saturated rings. The Morgan fingerprint density at radius 2 is 0.913 bits per heavy atom. The van der Waals surface area contributed by atoms with Crippen molar-refractivity contribution < 1.29 is 114 Å². The Morgan fingerprint density at radius 3 is 1.22 bits per heavy atom. The quantitative estimate of drug-likeness (QED) is 0.00979. The van der Waals surface area contributed by atoms with Crippen molar-refractivity contribution in [3.8, 4) is 51.9 Å². The van der Waals surface area contributed by atoms with E-state index in [1.165, 1.54) is 85.1 Å². The summed E-state index contributed by atoms with van der Waals surface area (Å²) >= 11 is 11.8. The van der Waals surface area contributed by atoms with Gasteiger partial charge in [-0.25, -0.2) is 93.6 Å². The standard InChI is InChI=1S/C14H12N4O3.C12H8N4O3.C11H11BN3O4.C11H10BrN3O2.C10H13BrN2O3.C5H5BrN2.C4H6O3.C3H2INO.Li.H2O/c1-2-20-14(19)11-8-15-9-18(11)12-4-3-10(7-17-12)13-16-5-6-21-13;17-12(18)9-6-13-7-16(9)10-2-1-8(5-15-10)11-14-3-4-19-11;1-2-18-11(16)9-6-13-7-15(9)10-4-3-8(5-14-10)19-12-17;1-2-17-11(16)9-6-13-7-15(9)10-4-3-8(12)5-14-10;1-3-16-10(14)9(15-2)13-8-5-4-7(11)6-12-8;6-4-1-2-5(7)8-3-4;1-2-7-4(6)3-5;4-3-5-1-2-6-3;;/h3-9H,2H2,1H3;1-7H,(H,17,18);3-7,17H,2H2,1H3;3-7H,2H2,1H3;4-6,9H,3H2,1-2H3,(H,12,13);1-3H,(H2,7,8);3H,2H2,1H3;1-2H;;1H2/q;;;;;;;;+1;/p-1. The van der Waals surface area contributed by atoms with Crippen LogP contribution in [0, 0.1) is 3.90 Å². The van der Waals surface area contributed by atoms with E-state index in [9.17, 15) is 33.6 Å². The van der Waals surface area contributed by atoms with Gasteiger partial charge in [0.1, 0.15) is 84.8 Å².